The average Bonchev–Trinajstić information content (AvgIpc) is 2.84. The summed E-state index contributed by atoms with van der Waals surface area (Å²) >= 11 is 0. The normalized spacial score (nSPS) is 14.3. The lowest BCUT2D eigenvalue weighted by atomic mass is 10.2. The fourth-order valence-electron chi connectivity index (χ4n) is 3.62. The highest BCUT2D eigenvalue weighted by atomic mass is 19.4. The molecule has 0 spiro atoms. The number of ether oxygens (including phenoxy) is 1. The van der Waals surface area contributed by atoms with Crippen LogP contribution < -0.4 is 25.2 Å². The molecule has 0 bridgehead atoms. The van der Waals surface area contributed by atoms with E-state index >= 15 is 0 Å². The van der Waals surface area contributed by atoms with Crippen LogP contribution in [-0.4, -0.2) is 48.5 Å². The van der Waals surface area contributed by atoms with Crippen molar-refractivity contribution >= 4 is 29.0 Å². The number of amides is 2. The van der Waals surface area contributed by atoms with Crippen LogP contribution in [0.5, 0.6) is 5.75 Å². The van der Waals surface area contributed by atoms with Gasteiger partial charge in [-0.3, -0.25) is 0 Å². The summed E-state index contributed by atoms with van der Waals surface area (Å²) in [6, 6.07) is 9.94. The van der Waals surface area contributed by atoms with Gasteiger partial charge in [-0.25, -0.2) is 14.8 Å². The highest BCUT2D eigenvalue weighted by molar-refractivity contribution is 6.00. The summed E-state index contributed by atoms with van der Waals surface area (Å²) in [4.78, 5) is 24.3. The van der Waals surface area contributed by atoms with Crippen molar-refractivity contribution in [2.45, 2.75) is 12.5 Å². The zero-order valence-electron chi connectivity index (χ0n) is 19.0. The van der Waals surface area contributed by atoms with E-state index in [-0.39, 0.29) is 5.69 Å². The molecule has 1 aromatic carbocycles. The van der Waals surface area contributed by atoms with E-state index < -0.39 is 29.9 Å². The number of rotatable bonds is 5. The summed E-state index contributed by atoms with van der Waals surface area (Å²) in [5.41, 5.74) is -0.661. The first kappa shape index (κ1) is 25.9. The monoisotopic (exact) mass is 526 g/mol. The first-order valence-corrected chi connectivity index (χ1v) is 10.9. The second kappa shape index (κ2) is 10.4. The number of carbonyl (C=O) groups excluding carboxylic acids is 1. The number of pyridine rings is 2. The largest absolute Gasteiger partial charge is 0.573 e. The predicted molar refractivity (Wildman–Crippen MR) is 124 cm³/mol. The highest BCUT2D eigenvalue weighted by Gasteiger charge is 2.32. The van der Waals surface area contributed by atoms with Crippen LogP contribution in [0.3, 0.4) is 0 Å². The van der Waals surface area contributed by atoms with Crippen molar-refractivity contribution in [3.63, 3.8) is 0 Å². The minimum Gasteiger partial charge on any atom is -0.404 e. The standard InChI is InChI=1S/C23H20F6N6O2/c24-22(25,26)15-5-7-19(30-13-15)34-9-11-35(12-10-34)20-8-6-16(14-31-20)32-21(36)33-17-3-1-2-4-18(17)37-23(27,28)29/h1-8,13-14H,9-12H2,(H2,32,33,36). The molecule has 37 heavy (non-hydrogen) atoms. The third-order valence-corrected chi connectivity index (χ3v) is 5.37. The molecule has 2 N–H and O–H groups in total. The number of nitrogens with zero attached hydrogens (tertiary/aromatic N) is 4. The van der Waals surface area contributed by atoms with Crippen LogP contribution in [-0.2, 0) is 6.18 Å². The molecule has 1 saturated heterocycles. The minimum absolute atomic E-state index is 0.165. The van der Waals surface area contributed by atoms with E-state index in [0.29, 0.717) is 43.5 Å². The number of para-hydroxylation sites is 2. The third-order valence-electron chi connectivity index (χ3n) is 5.37. The van der Waals surface area contributed by atoms with E-state index in [0.717, 1.165) is 18.3 Å². The number of aromatic nitrogens is 2. The Kier molecular flexibility index (Phi) is 7.27. The molecule has 0 aliphatic carbocycles. The Morgan fingerprint density at radius 2 is 1.38 bits per heavy atom. The number of hydrogen-bond donors (Lipinski definition) is 2. The van der Waals surface area contributed by atoms with Crippen LogP contribution in [0.1, 0.15) is 5.56 Å². The van der Waals surface area contributed by atoms with Crippen LogP contribution in [0, 0.1) is 0 Å². The maximum atomic E-state index is 12.7. The maximum Gasteiger partial charge on any atom is 0.573 e. The molecule has 0 saturated carbocycles. The van der Waals surface area contributed by atoms with E-state index in [1.165, 1.54) is 30.5 Å². The summed E-state index contributed by atoms with van der Waals surface area (Å²) < 4.78 is 79.8. The molecule has 14 heteroatoms. The number of anilines is 4. The molecule has 1 aliphatic rings. The summed E-state index contributed by atoms with van der Waals surface area (Å²) in [5.74, 6) is 0.521. The lowest BCUT2D eigenvalue weighted by Gasteiger charge is -2.36. The van der Waals surface area contributed by atoms with Crippen molar-refractivity contribution in [1.29, 1.82) is 0 Å². The van der Waals surface area contributed by atoms with Crippen molar-refractivity contribution in [2.75, 3.05) is 46.6 Å². The lowest BCUT2D eigenvalue weighted by molar-refractivity contribution is -0.274. The van der Waals surface area contributed by atoms with Crippen molar-refractivity contribution in [3.8, 4) is 5.75 Å². The van der Waals surface area contributed by atoms with Gasteiger partial charge < -0.3 is 25.2 Å². The predicted octanol–water partition coefficient (Wildman–Crippen LogP) is 5.36. The van der Waals surface area contributed by atoms with Gasteiger partial charge in [-0.05, 0) is 36.4 Å². The Hall–Kier alpha value is -4.23. The molecule has 8 nitrogen and oxygen atoms in total. The Morgan fingerprint density at radius 1 is 0.784 bits per heavy atom. The van der Waals surface area contributed by atoms with E-state index in [4.69, 9.17) is 0 Å². The molecule has 1 aliphatic heterocycles. The van der Waals surface area contributed by atoms with Gasteiger partial charge in [-0.1, -0.05) is 12.1 Å². The SMILES string of the molecule is O=C(Nc1ccc(N2CCN(c3ccc(C(F)(F)F)cn3)CC2)nc1)Nc1ccccc1OC(F)(F)F. The maximum absolute atomic E-state index is 12.7. The minimum atomic E-state index is -4.91. The topological polar surface area (TPSA) is 82.6 Å². The number of benzene rings is 1. The second-order valence-corrected chi connectivity index (χ2v) is 7.91. The zero-order chi connectivity index (χ0) is 26.6. The Balaban J connectivity index is 1.30. The van der Waals surface area contributed by atoms with Gasteiger partial charge in [0.25, 0.3) is 0 Å². The molecule has 2 aromatic heterocycles. The molecule has 4 rings (SSSR count). The van der Waals surface area contributed by atoms with Crippen LogP contribution in [0.2, 0.25) is 0 Å². The van der Waals surface area contributed by atoms with E-state index in [2.05, 4.69) is 25.3 Å². The Bertz CT molecular complexity index is 1210. The Labute approximate surface area is 206 Å². The van der Waals surface area contributed by atoms with Gasteiger partial charge in [0.1, 0.15) is 11.6 Å². The highest BCUT2D eigenvalue weighted by Crippen LogP contribution is 2.31. The van der Waals surface area contributed by atoms with E-state index in [1.54, 1.807) is 12.1 Å². The van der Waals surface area contributed by atoms with Gasteiger partial charge in [0.05, 0.1) is 23.1 Å². The van der Waals surface area contributed by atoms with Crippen LogP contribution >= 0.6 is 0 Å². The first-order valence-electron chi connectivity index (χ1n) is 10.9. The summed E-state index contributed by atoms with van der Waals surface area (Å²) in [5, 5.41) is 4.79. The van der Waals surface area contributed by atoms with Crippen LogP contribution in [0.25, 0.3) is 0 Å². The number of nitrogens with one attached hydrogen (secondary N) is 2. The van der Waals surface area contributed by atoms with E-state index in [1.807, 2.05) is 9.80 Å². The molecule has 3 aromatic rings. The molecule has 196 valence electrons. The van der Waals surface area contributed by atoms with Gasteiger partial charge in [-0.15, -0.1) is 13.2 Å². The number of piperazine rings is 1. The van der Waals surface area contributed by atoms with Gasteiger partial charge in [0, 0.05) is 32.4 Å². The molecule has 0 unspecified atom stereocenters. The number of urea groups is 1. The fourth-order valence-corrected chi connectivity index (χ4v) is 3.62. The van der Waals surface area contributed by atoms with Crippen molar-refractivity contribution in [1.82, 2.24) is 9.97 Å². The zero-order valence-corrected chi connectivity index (χ0v) is 19.0. The second-order valence-electron chi connectivity index (χ2n) is 7.91. The molecular formula is C23H20F6N6O2. The van der Waals surface area contributed by atoms with E-state index in [9.17, 15) is 31.1 Å². The lowest BCUT2D eigenvalue weighted by Crippen LogP contribution is -2.47. The van der Waals surface area contributed by atoms with Crippen molar-refractivity contribution in [2.24, 2.45) is 0 Å². The average molecular weight is 526 g/mol. The summed E-state index contributed by atoms with van der Waals surface area (Å²) in [7, 11) is 0. The number of carbonyl (C=O) groups is 1. The van der Waals surface area contributed by atoms with Crippen molar-refractivity contribution in [3.05, 3.63) is 66.5 Å². The van der Waals surface area contributed by atoms with Crippen LogP contribution in [0.4, 0.5) is 54.1 Å². The third kappa shape index (κ3) is 6.92. The molecule has 2 amide bonds. The van der Waals surface area contributed by atoms with Crippen LogP contribution in [0.15, 0.2) is 60.9 Å². The molecule has 3 heterocycles. The molecule has 1 fully saturated rings. The molecular weight excluding hydrogens is 506 g/mol. The van der Waals surface area contributed by atoms with Crippen molar-refractivity contribution < 1.29 is 35.9 Å². The first-order chi connectivity index (χ1) is 17.5. The Morgan fingerprint density at radius 3 is 1.89 bits per heavy atom. The van der Waals surface area contributed by atoms with Gasteiger partial charge >= 0.3 is 18.6 Å². The number of hydrogen-bond acceptors (Lipinski definition) is 6. The summed E-state index contributed by atoms with van der Waals surface area (Å²) in [6.07, 6.45) is -7.14. The fraction of sp³-hybridized carbons (Fsp3) is 0.261. The number of alkyl halides is 6. The quantitative estimate of drug-likeness (QED) is 0.436. The molecule has 0 radical (unpaired) electrons. The smallest absolute Gasteiger partial charge is 0.404 e. The van der Waals surface area contributed by atoms with Gasteiger partial charge in [-0.2, -0.15) is 13.2 Å². The number of halogens is 6. The van der Waals surface area contributed by atoms with Gasteiger partial charge in [0.2, 0.25) is 0 Å². The molecule has 0 atom stereocenters. The summed E-state index contributed by atoms with van der Waals surface area (Å²) in [6.45, 7) is 2.11. The van der Waals surface area contributed by atoms with Gasteiger partial charge in [0.15, 0.2) is 5.75 Å².